The molecule has 7 nitrogen and oxygen atoms in total. The van der Waals surface area contributed by atoms with Gasteiger partial charge in [-0.05, 0) is 30.3 Å². The lowest BCUT2D eigenvalue weighted by Gasteiger charge is -2.10. The summed E-state index contributed by atoms with van der Waals surface area (Å²) in [4.78, 5) is 11.3. The number of primary sulfonamides is 1. The molecule has 28 heavy (non-hydrogen) atoms. The predicted molar refractivity (Wildman–Crippen MR) is 96.3 cm³/mol. The van der Waals surface area contributed by atoms with Gasteiger partial charge in [-0.1, -0.05) is 30.3 Å². The average molecular weight is 407 g/mol. The van der Waals surface area contributed by atoms with Crippen molar-refractivity contribution >= 4 is 16.0 Å². The monoisotopic (exact) mass is 407 g/mol. The van der Waals surface area contributed by atoms with Gasteiger partial charge in [-0.2, -0.15) is 13.9 Å². The maximum Gasteiger partial charge on any atom is 0.386 e. The summed E-state index contributed by atoms with van der Waals surface area (Å²) in [6, 6.07) is 14.9. The van der Waals surface area contributed by atoms with Gasteiger partial charge in [-0.3, -0.25) is 0 Å². The van der Waals surface area contributed by atoms with Crippen LogP contribution in [-0.2, 0) is 25.5 Å². The van der Waals surface area contributed by atoms with Gasteiger partial charge in [0.15, 0.2) is 0 Å². The topological polar surface area (TPSA) is 104 Å². The van der Waals surface area contributed by atoms with Crippen molar-refractivity contribution in [2.24, 2.45) is 5.14 Å². The molecule has 2 aromatic carbocycles. The van der Waals surface area contributed by atoms with Crippen molar-refractivity contribution in [3.8, 4) is 16.9 Å². The maximum atomic E-state index is 14.3. The number of hydrogen-bond acceptors (Lipinski definition) is 5. The van der Waals surface area contributed by atoms with E-state index < -0.39 is 27.6 Å². The van der Waals surface area contributed by atoms with Crippen LogP contribution < -0.4 is 5.14 Å². The molecular weight excluding hydrogens is 392 g/mol. The van der Waals surface area contributed by atoms with Gasteiger partial charge in [0.2, 0.25) is 10.0 Å². The highest BCUT2D eigenvalue weighted by atomic mass is 32.2. The zero-order valence-electron chi connectivity index (χ0n) is 14.5. The number of nitrogens with zero attached hydrogens (tertiary/aromatic N) is 2. The van der Waals surface area contributed by atoms with Crippen LogP contribution in [0.3, 0.4) is 0 Å². The highest BCUT2D eigenvalue weighted by molar-refractivity contribution is 7.89. The molecule has 10 heteroatoms. The first-order valence-corrected chi connectivity index (χ1v) is 9.44. The van der Waals surface area contributed by atoms with Crippen LogP contribution in [0.5, 0.6) is 0 Å². The van der Waals surface area contributed by atoms with Gasteiger partial charge >= 0.3 is 11.9 Å². The van der Waals surface area contributed by atoms with Gasteiger partial charge in [0.25, 0.3) is 0 Å². The fourth-order valence-electron chi connectivity index (χ4n) is 2.56. The van der Waals surface area contributed by atoms with Crippen molar-refractivity contribution < 1.29 is 26.7 Å². The summed E-state index contributed by atoms with van der Waals surface area (Å²) in [5, 5.41) is 8.95. The van der Waals surface area contributed by atoms with E-state index in [-0.39, 0.29) is 10.6 Å². The number of carbonyl (C=O) groups excluding carboxylic acids is 1. The minimum absolute atomic E-state index is 0.134. The molecule has 0 saturated heterocycles. The second-order valence-corrected chi connectivity index (χ2v) is 7.36. The number of hydrogen-bond donors (Lipinski definition) is 1. The molecular formula is C18H15F2N3O4S. The minimum atomic E-state index is -3.95. The zero-order chi connectivity index (χ0) is 20.5. The van der Waals surface area contributed by atoms with Gasteiger partial charge < -0.3 is 4.74 Å². The molecule has 0 aliphatic rings. The quantitative estimate of drug-likeness (QED) is 0.654. The van der Waals surface area contributed by atoms with E-state index in [1.165, 1.54) is 28.9 Å². The van der Waals surface area contributed by atoms with Crippen LogP contribution in [0, 0.1) is 0 Å². The Morgan fingerprint density at radius 1 is 1.11 bits per heavy atom. The Morgan fingerprint density at radius 3 is 2.25 bits per heavy atom. The van der Waals surface area contributed by atoms with Crippen molar-refractivity contribution in [2.75, 3.05) is 7.11 Å². The van der Waals surface area contributed by atoms with E-state index in [0.717, 1.165) is 13.2 Å². The van der Waals surface area contributed by atoms with Gasteiger partial charge in [-0.25, -0.2) is 23.0 Å². The fourth-order valence-corrected chi connectivity index (χ4v) is 3.07. The van der Waals surface area contributed by atoms with Gasteiger partial charge in [0.1, 0.15) is 5.69 Å². The lowest BCUT2D eigenvalue weighted by Crippen LogP contribution is -2.27. The molecule has 0 aliphatic carbocycles. The summed E-state index contributed by atoms with van der Waals surface area (Å²) in [7, 11) is -3.05. The van der Waals surface area contributed by atoms with Crippen LogP contribution in [-0.4, -0.2) is 31.3 Å². The number of methoxy groups -OCH3 is 1. The molecule has 2 N–H and O–H groups in total. The zero-order valence-corrected chi connectivity index (χ0v) is 15.4. The molecule has 3 rings (SSSR count). The van der Waals surface area contributed by atoms with Crippen LogP contribution in [0.2, 0.25) is 0 Å². The molecule has 1 aromatic heterocycles. The molecule has 146 valence electrons. The first kappa shape index (κ1) is 19.6. The van der Waals surface area contributed by atoms with Crippen LogP contribution in [0.1, 0.15) is 5.69 Å². The SMILES string of the molecule is COC(=O)C(F)(F)c1cc(-c2ccccc2)n(-c2ccc(S(N)(=O)=O)cc2)n1. The van der Waals surface area contributed by atoms with Crippen molar-refractivity contribution in [3.05, 3.63) is 66.4 Å². The molecule has 0 atom stereocenters. The van der Waals surface area contributed by atoms with E-state index in [2.05, 4.69) is 9.84 Å². The summed E-state index contributed by atoms with van der Waals surface area (Å²) in [6.07, 6.45) is 0. The third-order valence-corrected chi connectivity index (χ3v) is 4.88. The Bertz CT molecular complexity index is 1110. The van der Waals surface area contributed by atoms with E-state index >= 15 is 0 Å². The Kier molecular flexibility index (Phi) is 5.01. The average Bonchev–Trinajstić information content (AvgIpc) is 3.13. The lowest BCUT2D eigenvalue weighted by atomic mass is 10.1. The molecule has 3 aromatic rings. The van der Waals surface area contributed by atoms with Crippen LogP contribution >= 0.6 is 0 Å². The number of esters is 1. The third kappa shape index (κ3) is 3.64. The summed E-state index contributed by atoms with van der Waals surface area (Å²) in [5.41, 5.74) is 0.354. The molecule has 0 unspecified atom stereocenters. The molecule has 0 spiro atoms. The highest BCUT2D eigenvalue weighted by Crippen LogP contribution is 2.33. The Hall–Kier alpha value is -3.11. The Balaban J connectivity index is 2.18. The molecule has 0 fully saturated rings. The Morgan fingerprint density at radius 2 is 1.71 bits per heavy atom. The molecule has 0 saturated carbocycles. The molecule has 0 amide bonds. The third-order valence-electron chi connectivity index (χ3n) is 3.95. The first-order chi connectivity index (χ1) is 13.1. The maximum absolute atomic E-state index is 14.3. The van der Waals surface area contributed by atoms with E-state index in [1.807, 2.05) is 0 Å². The highest BCUT2D eigenvalue weighted by Gasteiger charge is 2.45. The number of rotatable bonds is 5. The largest absolute Gasteiger partial charge is 0.464 e. The number of ether oxygens (including phenoxy) is 1. The van der Waals surface area contributed by atoms with E-state index in [1.54, 1.807) is 30.3 Å². The number of benzene rings is 2. The Labute approximate surface area is 159 Å². The van der Waals surface area contributed by atoms with Crippen LogP contribution in [0.4, 0.5) is 8.78 Å². The lowest BCUT2D eigenvalue weighted by molar-refractivity contribution is -0.170. The summed E-state index contributed by atoms with van der Waals surface area (Å²) < 4.78 is 56.9. The molecule has 0 radical (unpaired) electrons. The number of carbonyl (C=O) groups is 1. The van der Waals surface area contributed by atoms with Crippen molar-refractivity contribution in [2.45, 2.75) is 10.8 Å². The fraction of sp³-hybridized carbons (Fsp3) is 0.111. The summed E-state index contributed by atoms with van der Waals surface area (Å²) in [5.74, 6) is -5.69. The van der Waals surface area contributed by atoms with E-state index in [0.29, 0.717) is 11.3 Å². The number of halogens is 2. The minimum Gasteiger partial charge on any atom is -0.464 e. The van der Waals surface area contributed by atoms with Crippen molar-refractivity contribution in [1.29, 1.82) is 0 Å². The smallest absolute Gasteiger partial charge is 0.386 e. The van der Waals surface area contributed by atoms with Crippen LogP contribution in [0.25, 0.3) is 16.9 Å². The normalized spacial score (nSPS) is 12.0. The standard InChI is InChI=1S/C18H15F2N3O4S/c1-27-17(24)18(19,20)16-11-15(12-5-3-2-4-6-12)23(22-16)13-7-9-14(10-8-13)28(21,25)26/h2-11H,1H3,(H2,21,25,26). The number of aromatic nitrogens is 2. The van der Waals surface area contributed by atoms with E-state index in [4.69, 9.17) is 5.14 Å². The van der Waals surface area contributed by atoms with Gasteiger partial charge in [0.05, 0.1) is 23.4 Å². The van der Waals surface area contributed by atoms with Crippen molar-refractivity contribution in [1.82, 2.24) is 9.78 Å². The predicted octanol–water partition coefficient (Wildman–Crippen LogP) is 2.45. The van der Waals surface area contributed by atoms with Gasteiger partial charge in [0, 0.05) is 5.56 Å². The molecule has 0 aliphatic heterocycles. The van der Waals surface area contributed by atoms with E-state index in [9.17, 15) is 22.0 Å². The second kappa shape index (κ2) is 7.13. The first-order valence-electron chi connectivity index (χ1n) is 7.90. The summed E-state index contributed by atoms with van der Waals surface area (Å²) in [6.45, 7) is 0. The van der Waals surface area contributed by atoms with Gasteiger partial charge in [-0.15, -0.1) is 0 Å². The second-order valence-electron chi connectivity index (χ2n) is 5.80. The number of alkyl halides is 2. The number of sulfonamides is 1. The number of nitrogens with two attached hydrogens (primary N) is 1. The molecule has 0 bridgehead atoms. The van der Waals surface area contributed by atoms with Crippen LogP contribution in [0.15, 0.2) is 65.6 Å². The molecule has 1 heterocycles. The van der Waals surface area contributed by atoms with Crippen molar-refractivity contribution in [3.63, 3.8) is 0 Å². The summed E-state index contributed by atoms with van der Waals surface area (Å²) >= 11 is 0.